The lowest BCUT2D eigenvalue weighted by atomic mass is 10.0. The molecule has 3 aromatic rings. The van der Waals surface area contributed by atoms with Crippen molar-refractivity contribution < 1.29 is 9.47 Å². The average Bonchev–Trinajstić information content (AvgIpc) is 2.75. The molecular weight excluding hydrogens is 344 g/mol. The maximum Gasteiger partial charge on any atom is 0.119 e. The molecule has 0 fully saturated rings. The van der Waals surface area contributed by atoms with E-state index >= 15 is 0 Å². The van der Waals surface area contributed by atoms with Gasteiger partial charge in [-0.25, -0.2) is 0 Å². The van der Waals surface area contributed by atoms with Crippen molar-refractivity contribution in [3.63, 3.8) is 0 Å². The van der Waals surface area contributed by atoms with Crippen LogP contribution in [0, 0.1) is 0 Å². The molecule has 146 valence electrons. The number of hydrogen-bond donors (Lipinski definition) is 0. The summed E-state index contributed by atoms with van der Waals surface area (Å²) in [5.41, 5.74) is 4.80. The van der Waals surface area contributed by atoms with Crippen LogP contribution in [0.4, 0.5) is 0 Å². The SMILES string of the molecule is CC[C@@H](C)Oc1ccc(-c2ccc(-c3ccc(O[C@H](C)CC)cc3)cc2)cc1. The molecule has 28 heavy (non-hydrogen) atoms. The molecule has 0 aliphatic carbocycles. The highest BCUT2D eigenvalue weighted by molar-refractivity contribution is 5.71. The molecule has 0 amide bonds. The Labute approximate surface area is 169 Å². The molecule has 0 radical (unpaired) electrons. The van der Waals surface area contributed by atoms with E-state index in [1.807, 2.05) is 24.3 Å². The predicted molar refractivity (Wildman–Crippen MR) is 118 cm³/mol. The molecule has 0 aliphatic heterocycles. The minimum atomic E-state index is 0.243. The Bertz CT molecular complexity index is 774. The molecule has 2 nitrogen and oxygen atoms in total. The van der Waals surface area contributed by atoms with E-state index in [1.54, 1.807) is 0 Å². The van der Waals surface area contributed by atoms with Crippen LogP contribution in [-0.4, -0.2) is 12.2 Å². The number of ether oxygens (including phenoxy) is 2. The Balaban J connectivity index is 1.69. The van der Waals surface area contributed by atoms with Crippen molar-refractivity contribution in [2.75, 3.05) is 0 Å². The van der Waals surface area contributed by atoms with E-state index in [0.717, 1.165) is 24.3 Å². The summed E-state index contributed by atoms with van der Waals surface area (Å²) in [7, 11) is 0. The van der Waals surface area contributed by atoms with Crippen LogP contribution in [0.25, 0.3) is 22.3 Å². The van der Waals surface area contributed by atoms with Crippen molar-refractivity contribution in [2.24, 2.45) is 0 Å². The van der Waals surface area contributed by atoms with Gasteiger partial charge in [-0.05, 0) is 73.2 Å². The smallest absolute Gasteiger partial charge is 0.119 e. The van der Waals surface area contributed by atoms with Crippen LogP contribution >= 0.6 is 0 Å². The zero-order chi connectivity index (χ0) is 19.9. The Morgan fingerprint density at radius 1 is 0.500 bits per heavy atom. The molecule has 3 rings (SSSR count). The van der Waals surface area contributed by atoms with Gasteiger partial charge >= 0.3 is 0 Å². The Morgan fingerprint density at radius 2 is 0.750 bits per heavy atom. The van der Waals surface area contributed by atoms with Crippen molar-refractivity contribution in [1.82, 2.24) is 0 Å². The maximum absolute atomic E-state index is 5.86. The fourth-order valence-corrected chi connectivity index (χ4v) is 2.94. The van der Waals surface area contributed by atoms with Gasteiger partial charge in [0.1, 0.15) is 11.5 Å². The van der Waals surface area contributed by atoms with Gasteiger partial charge < -0.3 is 9.47 Å². The molecule has 0 unspecified atom stereocenters. The van der Waals surface area contributed by atoms with E-state index in [9.17, 15) is 0 Å². The van der Waals surface area contributed by atoms with Gasteiger partial charge in [0.15, 0.2) is 0 Å². The van der Waals surface area contributed by atoms with Gasteiger partial charge in [0, 0.05) is 0 Å². The molecule has 0 aromatic heterocycles. The van der Waals surface area contributed by atoms with E-state index in [4.69, 9.17) is 9.47 Å². The zero-order valence-corrected chi connectivity index (χ0v) is 17.3. The summed E-state index contributed by atoms with van der Waals surface area (Å²) in [6.07, 6.45) is 2.50. The van der Waals surface area contributed by atoms with Crippen LogP contribution in [0.3, 0.4) is 0 Å². The molecule has 0 saturated carbocycles. The minimum Gasteiger partial charge on any atom is -0.491 e. The summed E-state index contributed by atoms with van der Waals surface area (Å²) in [5.74, 6) is 1.85. The van der Waals surface area contributed by atoms with Crippen LogP contribution in [-0.2, 0) is 0 Å². The van der Waals surface area contributed by atoms with Crippen molar-refractivity contribution >= 4 is 0 Å². The first kappa shape index (κ1) is 20.0. The standard InChI is InChI=1S/C26H30O2/c1-5-19(3)27-25-15-11-23(12-16-25)21-7-9-22(10-8-21)24-13-17-26(18-14-24)28-20(4)6-2/h7-20H,5-6H2,1-4H3/t19-,20-/m1/s1. The van der Waals surface area contributed by atoms with Gasteiger partial charge in [0.05, 0.1) is 12.2 Å². The number of hydrogen-bond acceptors (Lipinski definition) is 2. The van der Waals surface area contributed by atoms with Crippen LogP contribution in [0.5, 0.6) is 11.5 Å². The number of benzene rings is 3. The van der Waals surface area contributed by atoms with Gasteiger partial charge in [-0.2, -0.15) is 0 Å². The van der Waals surface area contributed by atoms with Gasteiger partial charge in [-0.15, -0.1) is 0 Å². The summed E-state index contributed by atoms with van der Waals surface area (Å²) in [6.45, 7) is 8.45. The second kappa shape index (κ2) is 9.45. The van der Waals surface area contributed by atoms with E-state index in [0.29, 0.717) is 0 Å². The Kier molecular flexibility index (Phi) is 6.76. The first-order chi connectivity index (χ1) is 13.6. The first-order valence-electron chi connectivity index (χ1n) is 10.2. The van der Waals surface area contributed by atoms with Crippen LogP contribution in [0.15, 0.2) is 72.8 Å². The highest BCUT2D eigenvalue weighted by Gasteiger charge is 2.05. The van der Waals surface area contributed by atoms with Gasteiger partial charge in [-0.1, -0.05) is 62.4 Å². The molecular formula is C26H30O2. The highest BCUT2D eigenvalue weighted by Crippen LogP contribution is 2.28. The summed E-state index contributed by atoms with van der Waals surface area (Å²) < 4.78 is 11.7. The van der Waals surface area contributed by atoms with Crippen molar-refractivity contribution in [1.29, 1.82) is 0 Å². The van der Waals surface area contributed by atoms with Gasteiger partial charge in [-0.3, -0.25) is 0 Å². The lowest BCUT2D eigenvalue weighted by Gasteiger charge is -2.13. The van der Waals surface area contributed by atoms with Crippen molar-refractivity contribution in [3.8, 4) is 33.8 Å². The largest absolute Gasteiger partial charge is 0.491 e. The van der Waals surface area contributed by atoms with Crippen LogP contribution in [0.1, 0.15) is 40.5 Å². The molecule has 0 saturated heterocycles. The summed E-state index contributed by atoms with van der Waals surface area (Å²) in [5, 5.41) is 0. The Hall–Kier alpha value is -2.74. The molecule has 0 N–H and O–H groups in total. The molecule has 2 atom stereocenters. The van der Waals surface area contributed by atoms with E-state index in [2.05, 4.69) is 76.2 Å². The third kappa shape index (κ3) is 5.16. The first-order valence-corrected chi connectivity index (χ1v) is 10.2. The van der Waals surface area contributed by atoms with E-state index in [-0.39, 0.29) is 12.2 Å². The fourth-order valence-electron chi connectivity index (χ4n) is 2.94. The molecule has 3 aromatic carbocycles. The molecule has 0 heterocycles. The van der Waals surface area contributed by atoms with E-state index in [1.165, 1.54) is 22.3 Å². The van der Waals surface area contributed by atoms with Gasteiger partial charge in [0.2, 0.25) is 0 Å². The normalized spacial score (nSPS) is 13.0. The molecule has 2 heteroatoms. The van der Waals surface area contributed by atoms with Gasteiger partial charge in [0.25, 0.3) is 0 Å². The molecule has 0 bridgehead atoms. The van der Waals surface area contributed by atoms with Crippen molar-refractivity contribution in [2.45, 2.75) is 52.7 Å². The van der Waals surface area contributed by atoms with Crippen molar-refractivity contribution in [3.05, 3.63) is 72.8 Å². The third-order valence-corrected chi connectivity index (χ3v) is 5.08. The Morgan fingerprint density at radius 3 is 1.00 bits per heavy atom. The third-order valence-electron chi connectivity index (χ3n) is 5.08. The quantitative estimate of drug-likeness (QED) is 0.409. The summed E-state index contributed by atoms with van der Waals surface area (Å²) >= 11 is 0. The maximum atomic E-state index is 5.86. The summed E-state index contributed by atoms with van der Waals surface area (Å²) in [4.78, 5) is 0. The molecule has 0 aliphatic rings. The monoisotopic (exact) mass is 374 g/mol. The topological polar surface area (TPSA) is 18.5 Å². The second-order valence-electron chi connectivity index (χ2n) is 7.30. The molecule has 0 spiro atoms. The van der Waals surface area contributed by atoms with E-state index < -0.39 is 0 Å². The minimum absolute atomic E-state index is 0.243. The zero-order valence-electron chi connectivity index (χ0n) is 17.3. The lowest BCUT2D eigenvalue weighted by Crippen LogP contribution is -2.09. The fraction of sp³-hybridized carbons (Fsp3) is 0.308. The van der Waals surface area contributed by atoms with Crippen LogP contribution in [0.2, 0.25) is 0 Å². The highest BCUT2D eigenvalue weighted by atomic mass is 16.5. The summed E-state index contributed by atoms with van der Waals surface area (Å²) in [6, 6.07) is 25.3. The van der Waals surface area contributed by atoms with Crippen LogP contribution < -0.4 is 9.47 Å². The number of rotatable bonds is 8. The average molecular weight is 375 g/mol. The second-order valence-corrected chi connectivity index (χ2v) is 7.30. The lowest BCUT2D eigenvalue weighted by molar-refractivity contribution is 0.217. The predicted octanol–water partition coefficient (Wildman–Crippen LogP) is 7.38.